The molecular weight excluding hydrogens is 340 g/mol. The second-order valence-electron chi connectivity index (χ2n) is 7.14. The Morgan fingerprint density at radius 1 is 1.26 bits per heavy atom. The molecule has 0 spiro atoms. The second-order valence-corrected chi connectivity index (χ2v) is 7.14. The topological polar surface area (TPSA) is 69.0 Å². The zero-order chi connectivity index (χ0) is 18.6. The van der Waals surface area contributed by atoms with Gasteiger partial charge < -0.3 is 10.1 Å². The van der Waals surface area contributed by atoms with Crippen LogP contribution in [0.15, 0.2) is 48.8 Å². The Bertz CT molecular complexity index is 916. The fraction of sp³-hybridized carbons (Fsp3) is 0.381. The third-order valence-corrected chi connectivity index (χ3v) is 5.25. The Morgan fingerprint density at radius 3 is 2.81 bits per heavy atom. The monoisotopic (exact) mass is 364 g/mol. The van der Waals surface area contributed by atoms with E-state index in [1.165, 1.54) is 0 Å². The highest BCUT2D eigenvalue weighted by Gasteiger charge is 2.22. The summed E-state index contributed by atoms with van der Waals surface area (Å²) >= 11 is 0. The number of aromatic nitrogens is 3. The Morgan fingerprint density at radius 2 is 2.04 bits per heavy atom. The van der Waals surface area contributed by atoms with Gasteiger partial charge in [-0.25, -0.2) is 9.67 Å². The lowest BCUT2D eigenvalue weighted by molar-refractivity contribution is 0.0538. The molecule has 1 saturated heterocycles. The van der Waals surface area contributed by atoms with E-state index in [1.807, 2.05) is 28.9 Å². The zero-order valence-corrected chi connectivity index (χ0v) is 15.5. The summed E-state index contributed by atoms with van der Waals surface area (Å²) in [6.07, 6.45) is 5.39. The molecule has 0 bridgehead atoms. The summed E-state index contributed by atoms with van der Waals surface area (Å²) in [4.78, 5) is 17.1. The number of nitrogens with zero attached hydrogens (tertiary/aromatic N) is 3. The summed E-state index contributed by atoms with van der Waals surface area (Å²) in [5.74, 6) is 0.382. The molecule has 140 valence electrons. The summed E-state index contributed by atoms with van der Waals surface area (Å²) in [5.41, 5.74) is 2.52. The fourth-order valence-corrected chi connectivity index (χ4v) is 3.59. The molecule has 1 aliphatic heterocycles. The van der Waals surface area contributed by atoms with E-state index < -0.39 is 0 Å². The summed E-state index contributed by atoms with van der Waals surface area (Å²) in [6.45, 7) is 4.28. The van der Waals surface area contributed by atoms with Crippen LogP contribution in [0, 0.1) is 5.92 Å². The number of amides is 1. The first-order chi connectivity index (χ1) is 13.2. The highest BCUT2D eigenvalue weighted by Crippen LogP contribution is 2.19. The van der Waals surface area contributed by atoms with Crippen molar-refractivity contribution in [1.29, 1.82) is 0 Å². The fourth-order valence-electron chi connectivity index (χ4n) is 3.59. The van der Waals surface area contributed by atoms with E-state index in [0.717, 1.165) is 42.7 Å². The molecule has 1 N–H and O–H groups in total. The van der Waals surface area contributed by atoms with E-state index in [0.29, 0.717) is 18.0 Å². The van der Waals surface area contributed by atoms with Crippen LogP contribution in [0.25, 0.3) is 11.0 Å². The minimum Gasteiger partial charge on any atom is -0.381 e. The van der Waals surface area contributed by atoms with E-state index >= 15 is 0 Å². The van der Waals surface area contributed by atoms with Crippen LogP contribution < -0.4 is 5.32 Å². The molecule has 4 rings (SSSR count). The van der Waals surface area contributed by atoms with Crippen molar-refractivity contribution in [2.45, 2.75) is 32.4 Å². The van der Waals surface area contributed by atoms with Gasteiger partial charge in [0.25, 0.3) is 5.91 Å². The van der Waals surface area contributed by atoms with Gasteiger partial charge in [0.1, 0.15) is 0 Å². The van der Waals surface area contributed by atoms with Crippen LogP contribution >= 0.6 is 0 Å². The van der Waals surface area contributed by atoms with E-state index in [4.69, 9.17) is 4.74 Å². The SMILES string of the molecule is CC(NC(=O)c1cnc2c(cnn2Cc2ccccc2)c1)C1CCOCC1. The van der Waals surface area contributed by atoms with Crippen LogP contribution in [0.5, 0.6) is 0 Å². The lowest BCUT2D eigenvalue weighted by Gasteiger charge is -2.28. The Balaban J connectivity index is 1.47. The van der Waals surface area contributed by atoms with E-state index in [2.05, 4.69) is 34.5 Å². The van der Waals surface area contributed by atoms with Crippen molar-refractivity contribution >= 4 is 16.9 Å². The minimum absolute atomic E-state index is 0.0841. The van der Waals surface area contributed by atoms with Gasteiger partial charge in [-0.15, -0.1) is 0 Å². The summed E-state index contributed by atoms with van der Waals surface area (Å²) in [6, 6.07) is 12.1. The van der Waals surface area contributed by atoms with Gasteiger partial charge >= 0.3 is 0 Å². The number of pyridine rings is 1. The van der Waals surface area contributed by atoms with Crippen LogP contribution in [-0.4, -0.2) is 39.9 Å². The van der Waals surface area contributed by atoms with Gasteiger partial charge in [0, 0.05) is 30.8 Å². The normalized spacial score (nSPS) is 16.3. The molecule has 0 radical (unpaired) electrons. The van der Waals surface area contributed by atoms with Crippen molar-refractivity contribution in [1.82, 2.24) is 20.1 Å². The molecular formula is C21H24N4O2. The molecule has 2 aromatic heterocycles. The predicted molar refractivity (Wildman–Crippen MR) is 104 cm³/mol. The first-order valence-corrected chi connectivity index (χ1v) is 9.45. The zero-order valence-electron chi connectivity index (χ0n) is 15.5. The number of hydrogen-bond acceptors (Lipinski definition) is 4. The van der Waals surface area contributed by atoms with Gasteiger partial charge in [-0.05, 0) is 37.3 Å². The number of nitrogens with one attached hydrogen (secondary N) is 1. The maximum Gasteiger partial charge on any atom is 0.253 e. The first-order valence-electron chi connectivity index (χ1n) is 9.45. The number of ether oxygens (including phenoxy) is 1. The standard InChI is InChI=1S/C21H24N4O2/c1-15(17-7-9-27-10-8-17)24-21(26)19-11-18-13-23-25(20(18)22-12-19)14-16-5-3-2-4-6-16/h2-6,11-13,15,17H,7-10,14H2,1H3,(H,24,26). The molecule has 6 heteroatoms. The predicted octanol–water partition coefficient (Wildman–Crippen LogP) is 3.02. The molecule has 27 heavy (non-hydrogen) atoms. The minimum atomic E-state index is -0.0841. The molecule has 0 aliphatic carbocycles. The largest absolute Gasteiger partial charge is 0.381 e. The maximum absolute atomic E-state index is 12.6. The molecule has 1 unspecified atom stereocenters. The Kier molecular flexibility index (Phi) is 5.16. The first kappa shape index (κ1) is 17.7. The number of hydrogen-bond donors (Lipinski definition) is 1. The van der Waals surface area contributed by atoms with Gasteiger partial charge in [0.05, 0.1) is 18.3 Å². The average Bonchev–Trinajstić information content (AvgIpc) is 3.11. The molecule has 3 aromatic rings. The molecule has 3 heterocycles. The molecule has 6 nitrogen and oxygen atoms in total. The highest BCUT2D eigenvalue weighted by molar-refractivity contribution is 5.96. The highest BCUT2D eigenvalue weighted by atomic mass is 16.5. The molecule has 1 atom stereocenters. The van der Waals surface area contributed by atoms with Gasteiger partial charge in [0.15, 0.2) is 5.65 Å². The number of benzene rings is 1. The van der Waals surface area contributed by atoms with Crippen molar-refractivity contribution in [3.63, 3.8) is 0 Å². The van der Waals surface area contributed by atoms with Crippen molar-refractivity contribution in [3.8, 4) is 0 Å². The molecule has 1 amide bonds. The molecule has 1 aromatic carbocycles. The summed E-state index contributed by atoms with van der Waals surface area (Å²) < 4.78 is 7.26. The molecule has 1 aliphatic rings. The van der Waals surface area contributed by atoms with Crippen LogP contribution in [-0.2, 0) is 11.3 Å². The molecule has 1 fully saturated rings. The molecule has 0 saturated carbocycles. The quantitative estimate of drug-likeness (QED) is 0.756. The van der Waals surface area contributed by atoms with Gasteiger partial charge in [-0.1, -0.05) is 30.3 Å². The third-order valence-electron chi connectivity index (χ3n) is 5.25. The van der Waals surface area contributed by atoms with Crippen molar-refractivity contribution in [3.05, 3.63) is 59.9 Å². The third kappa shape index (κ3) is 4.01. The van der Waals surface area contributed by atoms with Crippen molar-refractivity contribution in [2.24, 2.45) is 5.92 Å². The van der Waals surface area contributed by atoms with Gasteiger partial charge in [-0.2, -0.15) is 5.10 Å². The Labute approximate surface area is 158 Å². The number of carbonyl (C=O) groups excluding carboxylic acids is 1. The smallest absolute Gasteiger partial charge is 0.253 e. The number of rotatable bonds is 5. The van der Waals surface area contributed by atoms with Crippen molar-refractivity contribution < 1.29 is 9.53 Å². The van der Waals surface area contributed by atoms with Crippen LogP contribution in [0.1, 0.15) is 35.7 Å². The summed E-state index contributed by atoms with van der Waals surface area (Å²) in [7, 11) is 0. The number of fused-ring (bicyclic) bond motifs is 1. The Hall–Kier alpha value is -2.73. The van der Waals surface area contributed by atoms with Crippen LogP contribution in [0.2, 0.25) is 0 Å². The van der Waals surface area contributed by atoms with Gasteiger partial charge in [0.2, 0.25) is 0 Å². The second kappa shape index (κ2) is 7.88. The van der Waals surface area contributed by atoms with E-state index in [-0.39, 0.29) is 11.9 Å². The lowest BCUT2D eigenvalue weighted by Crippen LogP contribution is -2.40. The average molecular weight is 364 g/mol. The van der Waals surface area contributed by atoms with Crippen LogP contribution in [0.4, 0.5) is 0 Å². The van der Waals surface area contributed by atoms with E-state index in [1.54, 1.807) is 12.4 Å². The summed E-state index contributed by atoms with van der Waals surface area (Å²) in [5, 5.41) is 8.42. The van der Waals surface area contributed by atoms with Crippen molar-refractivity contribution in [2.75, 3.05) is 13.2 Å². The van der Waals surface area contributed by atoms with E-state index in [9.17, 15) is 4.79 Å². The van der Waals surface area contributed by atoms with Gasteiger partial charge in [-0.3, -0.25) is 4.79 Å². The lowest BCUT2D eigenvalue weighted by atomic mass is 9.93. The maximum atomic E-state index is 12.6. The number of carbonyl (C=O) groups is 1. The van der Waals surface area contributed by atoms with Crippen LogP contribution in [0.3, 0.4) is 0 Å².